The van der Waals surface area contributed by atoms with Crippen LogP contribution in [0.25, 0.3) is 0 Å². The van der Waals surface area contributed by atoms with Crippen molar-refractivity contribution in [2.24, 2.45) is 10.2 Å². The van der Waals surface area contributed by atoms with Crippen LogP contribution >= 0.6 is 0 Å². The molecular weight excluding hydrogens is 296 g/mol. The van der Waals surface area contributed by atoms with Gasteiger partial charge in [0.2, 0.25) is 0 Å². The molecule has 122 valence electrons. The minimum Gasteiger partial charge on any atom is -0.395 e. The number of aliphatic hydroxyl groups excluding tert-OH is 1. The lowest BCUT2D eigenvalue weighted by Crippen LogP contribution is -2.54. The summed E-state index contributed by atoms with van der Waals surface area (Å²) in [6, 6.07) is 9.29. The molecule has 0 radical (unpaired) electrons. The average Bonchev–Trinajstić information content (AvgIpc) is 2.59. The van der Waals surface area contributed by atoms with Crippen LogP contribution in [0, 0.1) is 10.1 Å². The van der Waals surface area contributed by atoms with Crippen molar-refractivity contribution in [3.63, 3.8) is 0 Å². The highest BCUT2D eigenvalue weighted by Gasteiger charge is 2.45. The Bertz CT molecular complexity index is 627. The van der Waals surface area contributed by atoms with Gasteiger partial charge in [-0.15, -0.1) is 0 Å². The van der Waals surface area contributed by atoms with Crippen LogP contribution < -0.4 is 0 Å². The number of allylic oxidation sites excluding steroid dienone is 1. The van der Waals surface area contributed by atoms with Crippen molar-refractivity contribution in [1.82, 2.24) is 4.90 Å². The fraction of sp³-hybridized carbons (Fsp3) is 0.375. The Morgan fingerprint density at radius 1 is 1.35 bits per heavy atom. The summed E-state index contributed by atoms with van der Waals surface area (Å²) in [5.41, 5.74) is -0.0155. The lowest BCUT2D eigenvalue weighted by atomic mass is 9.98. The lowest BCUT2D eigenvalue weighted by Gasteiger charge is -2.33. The molecule has 0 heterocycles. The molecule has 23 heavy (non-hydrogen) atoms. The number of nitrogens with zero attached hydrogens (tertiary/aromatic N) is 4. The van der Waals surface area contributed by atoms with Gasteiger partial charge in [0.05, 0.1) is 24.4 Å². The van der Waals surface area contributed by atoms with Gasteiger partial charge in [-0.2, -0.15) is 10.2 Å². The number of azo groups is 1. The number of benzene rings is 1. The Morgan fingerprint density at radius 2 is 2.09 bits per heavy atom. The van der Waals surface area contributed by atoms with Crippen LogP contribution in [0.3, 0.4) is 0 Å². The molecule has 0 saturated carbocycles. The summed E-state index contributed by atoms with van der Waals surface area (Å²) in [5.74, 6) is 0. The molecule has 0 spiro atoms. The SMILES string of the molecule is CCN(CCO)C1([N+](=O)[O-])C=CC(N=Nc2ccccc2)=CC1. The fourth-order valence-corrected chi connectivity index (χ4v) is 2.53. The Labute approximate surface area is 134 Å². The van der Waals surface area contributed by atoms with Crippen LogP contribution in [0.1, 0.15) is 13.3 Å². The highest BCUT2D eigenvalue weighted by molar-refractivity contribution is 5.35. The second kappa shape index (κ2) is 7.75. The summed E-state index contributed by atoms with van der Waals surface area (Å²) in [6.45, 7) is 2.43. The maximum Gasteiger partial charge on any atom is 0.300 e. The second-order valence-electron chi connectivity index (χ2n) is 5.14. The third-order valence-electron chi connectivity index (χ3n) is 3.79. The van der Waals surface area contributed by atoms with E-state index in [9.17, 15) is 10.1 Å². The molecule has 1 aliphatic carbocycles. The molecule has 1 aromatic rings. The van der Waals surface area contributed by atoms with E-state index >= 15 is 0 Å². The van der Waals surface area contributed by atoms with Crippen LogP contribution in [0.15, 0.2) is 64.5 Å². The molecule has 1 unspecified atom stereocenters. The molecule has 0 aromatic heterocycles. The number of hydrogen-bond donors (Lipinski definition) is 1. The normalized spacial score (nSPS) is 20.9. The van der Waals surface area contributed by atoms with E-state index in [2.05, 4.69) is 10.2 Å². The zero-order chi connectivity index (χ0) is 16.7. The topological polar surface area (TPSA) is 91.3 Å². The van der Waals surface area contributed by atoms with E-state index in [0.717, 1.165) is 5.69 Å². The predicted octanol–water partition coefficient (Wildman–Crippen LogP) is 2.90. The smallest absolute Gasteiger partial charge is 0.300 e. The van der Waals surface area contributed by atoms with Crippen molar-refractivity contribution < 1.29 is 10.0 Å². The van der Waals surface area contributed by atoms with Crippen molar-refractivity contribution in [3.05, 3.63) is 64.4 Å². The Kier molecular flexibility index (Phi) is 5.72. The van der Waals surface area contributed by atoms with Crippen molar-refractivity contribution in [2.45, 2.75) is 19.0 Å². The third kappa shape index (κ3) is 3.88. The molecule has 0 amide bonds. The fourth-order valence-electron chi connectivity index (χ4n) is 2.53. The first-order valence-electron chi connectivity index (χ1n) is 7.49. The standard InChI is InChI=1S/C16H20N4O3/c1-2-19(12-13-21)16(20(22)23)10-8-15(9-11-16)18-17-14-6-4-3-5-7-14/h3-10,21H,2,11-13H2,1H3. The number of rotatable bonds is 7. The summed E-state index contributed by atoms with van der Waals surface area (Å²) in [5, 5.41) is 28.9. The van der Waals surface area contributed by atoms with Gasteiger partial charge in [0.15, 0.2) is 0 Å². The van der Waals surface area contributed by atoms with Crippen LogP contribution in [0.5, 0.6) is 0 Å². The molecule has 0 bridgehead atoms. The average molecular weight is 316 g/mol. The first kappa shape index (κ1) is 17.0. The summed E-state index contributed by atoms with van der Waals surface area (Å²) < 4.78 is 0. The molecule has 1 atom stereocenters. The van der Waals surface area contributed by atoms with Gasteiger partial charge in [0, 0.05) is 24.1 Å². The van der Waals surface area contributed by atoms with Gasteiger partial charge in [-0.25, -0.2) is 4.90 Å². The number of hydrogen-bond acceptors (Lipinski definition) is 6. The zero-order valence-corrected chi connectivity index (χ0v) is 13.0. The van der Waals surface area contributed by atoms with Gasteiger partial charge >= 0.3 is 0 Å². The maximum absolute atomic E-state index is 11.6. The van der Waals surface area contributed by atoms with E-state index in [-0.39, 0.29) is 24.5 Å². The zero-order valence-electron chi connectivity index (χ0n) is 13.0. The van der Waals surface area contributed by atoms with Crippen molar-refractivity contribution >= 4 is 5.69 Å². The molecule has 7 heteroatoms. The summed E-state index contributed by atoms with van der Waals surface area (Å²) >= 11 is 0. The highest BCUT2D eigenvalue weighted by Crippen LogP contribution is 2.29. The molecular formula is C16H20N4O3. The first-order valence-corrected chi connectivity index (χ1v) is 7.49. The largest absolute Gasteiger partial charge is 0.395 e. The van der Waals surface area contributed by atoms with Gasteiger partial charge in [-0.3, -0.25) is 10.1 Å². The molecule has 1 aliphatic rings. The van der Waals surface area contributed by atoms with Gasteiger partial charge < -0.3 is 5.11 Å². The number of likely N-dealkylation sites (N-methyl/N-ethyl adjacent to an activating group) is 1. The van der Waals surface area contributed by atoms with Crippen molar-refractivity contribution in [1.29, 1.82) is 0 Å². The monoisotopic (exact) mass is 316 g/mol. The minimum absolute atomic E-state index is 0.123. The maximum atomic E-state index is 11.6. The second-order valence-corrected chi connectivity index (χ2v) is 5.14. The van der Waals surface area contributed by atoms with Gasteiger partial charge in [-0.1, -0.05) is 25.1 Å². The van der Waals surface area contributed by atoms with Crippen LogP contribution in [0.4, 0.5) is 5.69 Å². The molecule has 7 nitrogen and oxygen atoms in total. The van der Waals surface area contributed by atoms with Crippen LogP contribution in [-0.4, -0.2) is 40.3 Å². The van der Waals surface area contributed by atoms with Gasteiger partial charge in [0.1, 0.15) is 0 Å². The minimum atomic E-state index is -1.33. The molecule has 1 aromatic carbocycles. The first-order chi connectivity index (χ1) is 11.1. The van der Waals surface area contributed by atoms with E-state index in [4.69, 9.17) is 5.11 Å². The summed E-state index contributed by atoms with van der Waals surface area (Å²) in [6.07, 6.45) is 5.03. The Morgan fingerprint density at radius 3 is 2.61 bits per heavy atom. The Balaban J connectivity index is 2.15. The van der Waals surface area contributed by atoms with E-state index in [0.29, 0.717) is 12.2 Å². The summed E-state index contributed by atoms with van der Waals surface area (Å²) in [7, 11) is 0. The Hall–Kier alpha value is -2.38. The quantitative estimate of drug-likeness (QED) is 0.362. The molecule has 2 rings (SSSR count). The van der Waals surface area contributed by atoms with E-state index in [1.807, 2.05) is 37.3 Å². The number of nitro groups is 1. The predicted molar refractivity (Wildman–Crippen MR) is 86.9 cm³/mol. The molecule has 0 saturated heterocycles. The van der Waals surface area contributed by atoms with Crippen LogP contribution in [0.2, 0.25) is 0 Å². The van der Waals surface area contributed by atoms with Gasteiger partial charge in [0.25, 0.3) is 5.66 Å². The van der Waals surface area contributed by atoms with E-state index in [1.54, 1.807) is 17.1 Å². The van der Waals surface area contributed by atoms with E-state index < -0.39 is 5.66 Å². The highest BCUT2D eigenvalue weighted by atomic mass is 16.6. The molecule has 0 aliphatic heterocycles. The third-order valence-corrected chi connectivity index (χ3v) is 3.79. The van der Waals surface area contributed by atoms with Crippen molar-refractivity contribution in [2.75, 3.05) is 19.7 Å². The lowest BCUT2D eigenvalue weighted by molar-refractivity contribution is -0.585. The van der Waals surface area contributed by atoms with Gasteiger partial charge in [-0.05, 0) is 24.3 Å². The molecule has 1 N–H and O–H groups in total. The molecule has 0 fully saturated rings. The summed E-state index contributed by atoms with van der Waals surface area (Å²) in [4.78, 5) is 12.9. The van der Waals surface area contributed by atoms with E-state index in [1.165, 1.54) is 6.08 Å². The van der Waals surface area contributed by atoms with Crippen LogP contribution in [-0.2, 0) is 0 Å². The van der Waals surface area contributed by atoms with Crippen molar-refractivity contribution in [3.8, 4) is 0 Å². The number of aliphatic hydroxyl groups is 1.